The molecule has 0 heterocycles. The summed E-state index contributed by atoms with van der Waals surface area (Å²) in [6.45, 7) is 1.47. The fourth-order valence-corrected chi connectivity index (χ4v) is 1.83. The largest absolute Gasteiger partial charge is 0.387 e. The van der Waals surface area contributed by atoms with Gasteiger partial charge in [0.05, 0.1) is 6.10 Å². The molecule has 1 aromatic carbocycles. The van der Waals surface area contributed by atoms with E-state index in [4.69, 9.17) is 0 Å². The van der Waals surface area contributed by atoms with Crippen LogP contribution in [0.25, 0.3) is 0 Å². The van der Waals surface area contributed by atoms with Crippen LogP contribution in [0.3, 0.4) is 0 Å². The lowest BCUT2D eigenvalue weighted by atomic mass is 10.1. The van der Waals surface area contributed by atoms with Crippen LogP contribution in [0.1, 0.15) is 24.5 Å². The first kappa shape index (κ1) is 14.0. The standard InChI is InChI=1S/C14H19FN2O2/c15-12-3-1-2-11(8-12)13(18)9-16-6-7-17-14(19)10-4-5-10/h1-3,8,10,13,16,18H,4-7,9H2,(H,17,19). The Morgan fingerprint density at radius 1 is 1.42 bits per heavy atom. The highest BCUT2D eigenvalue weighted by Gasteiger charge is 2.28. The van der Waals surface area contributed by atoms with Crippen LogP contribution in [0, 0.1) is 11.7 Å². The van der Waals surface area contributed by atoms with E-state index in [-0.39, 0.29) is 17.6 Å². The van der Waals surface area contributed by atoms with Gasteiger partial charge in [0, 0.05) is 25.6 Å². The quantitative estimate of drug-likeness (QED) is 0.645. The zero-order valence-electron chi connectivity index (χ0n) is 10.7. The van der Waals surface area contributed by atoms with E-state index >= 15 is 0 Å². The van der Waals surface area contributed by atoms with Crippen molar-refractivity contribution in [2.45, 2.75) is 18.9 Å². The minimum absolute atomic E-state index is 0.118. The number of nitrogens with one attached hydrogen (secondary N) is 2. The molecule has 4 nitrogen and oxygen atoms in total. The minimum Gasteiger partial charge on any atom is -0.387 e. The Bertz CT molecular complexity index is 435. The molecule has 0 spiro atoms. The van der Waals surface area contributed by atoms with E-state index in [1.807, 2.05) is 0 Å². The Hall–Kier alpha value is -1.46. The Morgan fingerprint density at radius 2 is 2.21 bits per heavy atom. The van der Waals surface area contributed by atoms with Gasteiger partial charge in [-0.1, -0.05) is 12.1 Å². The first-order chi connectivity index (χ1) is 9.16. The molecule has 1 saturated carbocycles. The number of benzene rings is 1. The second-order valence-electron chi connectivity index (χ2n) is 4.84. The summed E-state index contributed by atoms with van der Waals surface area (Å²) in [6, 6.07) is 5.92. The maximum absolute atomic E-state index is 13.0. The van der Waals surface area contributed by atoms with Crippen LogP contribution in [0.15, 0.2) is 24.3 Å². The second-order valence-corrected chi connectivity index (χ2v) is 4.84. The molecular formula is C14H19FN2O2. The van der Waals surface area contributed by atoms with Gasteiger partial charge in [0.2, 0.25) is 5.91 Å². The molecule has 0 radical (unpaired) electrons. The van der Waals surface area contributed by atoms with Gasteiger partial charge < -0.3 is 15.7 Å². The Balaban J connectivity index is 1.61. The molecule has 1 aromatic rings. The maximum Gasteiger partial charge on any atom is 0.223 e. The highest BCUT2D eigenvalue weighted by Crippen LogP contribution is 2.28. The van der Waals surface area contributed by atoms with Crippen LogP contribution in [0.4, 0.5) is 4.39 Å². The van der Waals surface area contributed by atoms with Crippen molar-refractivity contribution in [2.24, 2.45) is 5.92 Å². The fourth-order valence-electron chi connectivity index (χ4n) is 1.83. The number of aliphatic hydroxyl groups excluding tert-OH is 1. The molecular weight excluding hydrogens is 247 g/mol. The van der Waals surface area contributed by atoms with Crippen LogP contribution in [-0.2, 0) is 4.79 Å². The van der Waals surface area contributed by atoms with Crippen LogP contribution in [0.5, 0.6) is 0 Å². The predicted octanol–water partition coefficient (Wildman–Crippen LogP) is 0.975. The maximum atomic E-state index is 13.0. The summed E-state index contributed by atoms with van der Waals surface area (Å²) in [5, 5.41) is 15.7. The van der Waals surface area contributed by atoms with Gasteiger partial charge in [-0.15, -0.1) is 0 Å². The smallest absolute Gasteiger partial charge is 0.223 e. The molecule has 104 valence electrons. The van der Waals surface area contributed by atoms with E-state index in [0.29, 0.717) is 25.2 Å². The van der Waals surface area contributed by atoms with Gasteiger partial charge in [-0.05, 0) is 30.5 Å². The van der Waals surface area contributed by atoms with Gasteiger partial charge in [0.25, 0.3) is 0 Å². The van der Waals surface area contributed by atoms with E-state index in [0.717, 1.165) is 12.8 Å². The molecule has 5 heteroatoms. The molecule has 1 unspecified atom stereocenters. The number of aliphatic hydroxyl groups is 1. The van der Waals surface area contributed by atoms with E-state index in [9.17, 15) is 14.3 Å². The second kappa shape index (κ2) is 6.63. The monoisotopic (exact) mass is 266 g/mol. The highest BCUT2D eigenvalue weighted by molar-refractivity contribution is 5.80. The minimum atomic E-state index is -0.741. The predicted molar refractivity (Wildman–Crippen MR) is 70.0 cm³/mol. The number of halogens is 1. The molecule has 0 saturated heterocycles. The van der Waals surface area contributed by atoms with Crippen molar-refractivity contribution < 1.29 is 14.3 Å². The molecule has 0 aromatic heterocycles. The SMILES string of the molecule is O=C(NCCNCC(O)c1cccc(F)c1)C1CC1. The Kier molecular flexibility index (Phi) is 4.87. The van der Waals surface area contributed by atoms with Crippen molar-refractivity contribution in [1.29, 1.82) is 0 Å². The summed E-state index contributed by atoms with van der Waals surface area (Å²) in [4.78, 5) is 11.3. The summed E-state index contributed by atoms with van der Waals surface area (Å²) < 4.78 is 13.0. The van der Waals surface area contributed by atoms with Crippen LogP contribution >= 0.6 is 0 Å². The molecule has 1 fully saturated rings. The lowest BCUT2D eigenvalue weighted by molar-refractivity contribution is -0.122. The number of carbonyl (C=O) groups is 1. The average molecular weight is 266 g/mol. The molecule has 1 aliphatic carbocycles. The summed E-state index contributed by atoms with van der Waals surface area (Å²) in [7, 11) is 0. The number of carbonyl (C=O) groups excluding carboxylic acids is 1. The molecule has 0 aliphatic heterocycles. The first-order valence-corrected chi connectivity index (χ1v) is 6.59. The van der Waals surface area contributed by atoms with Crippen LogP contribution < -0.4 is 10.6 Å². The third kappa shape index (κ3) is 4.61. The van der Waals surface area contributed by atoms with Gasteiger partial charge in [-0.2, -0.15) is 0 Å². The van der Waals surface area contributed by atoms with Crippen molar-refractivity contribution in [3.05, 3.63) is 35.6 Å². The van der Waals surface area contributed by atoms with Gasteiger partial charge in [0.1, 0.15) is 5.82 Å². The number of hydrogen-bond donors (Lipinski definition) is 3. The van der Waals surface area contributed by atoms with Crippen LogP contribution in [-0.4, -0.2) is 30.6 Å². The van der Waals surface area contributed by atoms with Gasteiger partial charge >= 0.3 is 0 Å². The van der Waals surface area contributed by atoms with Crippen molar-refractivity contribution in [3.63, 3.8) is 0 Å². The average Bonchev–Trinajstić information content (AvgIpc) is 3.22. The van der Waals surface area contributed by atoms with Crippen molar-refractivity contribution >= 4 is 5.91 Å². The van der Waals surface area contributed by atoms with E-state index in [1.54, 1.807) is 12.1 Å². The van der Waals surface area contributed by atoms with E-state index < -0.39 is 6.10 Å². The third-order valence-corrected chi connectivity index (χ3v) is 3.12. The molecule has 1 amide bonds. The molecule has 2 rings (SSSR count). The van der Waals surface area contributed by atoms with Gasteiger partial charge in [0.15, 0.2) is 0 Å². The lowest BCUT2D eigenvalue weighted by Crippen LogP contribution is -2.34. The Morgan fingerprint density at radius 3 is 2.89 bits per heavy atom. The summed E-state index contributed by atoms with van der Waals surface area (Å²) >= 11 is 0. The first-order valence-electron chi connectivity index (χ1n) is 6.59. The van der Waals surface area contributed by atoms with Crippen LogP contribution in [0.2, 0.25) is 0 Å². The molecule has 1 atom stereocenters. The van der Waals surface area contributed by atoms with Gasteiger partial charge in [-0.25, -0.2) is 4.39 Å². The zero-order valence-corrected chi connectivity index (χ0v) is 10.7. The van der Waals surface area contributed by atoms with Gasteiger partial charge in [-0.3, -0.25) is 4.79 Å². The van der Waals surface area contributed by atoms with E-state index in [2.05, 4.69) is 10.6 Å². The number of amides is 1. The normalized spacial score (nSPS) is 16.1. The number of rotatable bonds is 7. The number of hydrogen-bond acceptors (Lipinski definition) is 3. The molecule has 19 heavy (non-hydrogen) atoms. The van der Waals surface area contributed by atoms with E-state index in [1.165, 1.54) is 12.1 Å². The third-order valence-electron chi connectivity index (χ3n) is 3.12. The molecule has 3 N–H and O–H groups in total. The van der Waals surface area contributed by atoms with Crippen molar-refractivity contribution in [1.82, 2.24) is 10.6 Å². The summed E-state index contributed by atoms with van der Waals surface area (Å²) in [5.41, 5.74) is 0.550. The molecule has 1 aliphatic rings. The van der Waals surface area contributed by atoms with Crippen molar-refractivity contribution in [2.75, 3.05) is 19.6 Å². The zero-order chi connectivity index (χ0) is 13.7. The fraction of sp³-hybridized carbons (Fsp3) is 0.500. The summed E-state index contributed by atoms with van der Waals surface area (Å²) in [5.74, 6) is -0.0152. The topological polar surface area (TPSA) is 61.4 Å². The Labute approximate surface area is 112 Å². The molecule has 0 bridgehead atoms. The highest BCUT2D eigenvalue weighted by atomic mass is 19.1. The lowest BCUT2D eigenvalue weighted by Gasteiger charge is -2.12. The van der Waals surface area contributed by atoms with Crippen molar-refractivity contribution in [3.8, 4) is 0 Å². The summed E-state index contributed by atoms with van der Waals surface area (Å²) in [6.07, 6.45) is 1.25.